The van der Waals surface area contributed by atoms with E-state index in [-0.39, 0.29) is 5.69 Å². The maximum atomic E-state index is 11.2. The zero-order valence-electron chi connectivity index (χ0n) is 9.30. The number of methoxy groups -OCH3 is 2. The van der Waals surface area contributed by atoms with Crippen molar-refractivity contribution in [3.8, 4) is 17.3 Å². The summed E-state index contributed by atoms with van der Waals surface area (Å²) in [6.07, 6.45) is 2.98. The van der Waals surface area contributed by atoms with E-state index in [0.29, 0.717) is 17.3 Å². The van der Waals surface area contributed by atoms with Crippen LogP contribution in [0.4, 0.5) is 0 Å². The first-order valence-electron chi connectivity index (χ1n) is 4.74. The van der Waals surface area contributed by atoms with Crippen LogP contribution >= 0.6 is 0 Å². The molecular weight excluding hydrogens is 224 g/mol. The summed E-state index contributed by atoms with van der Waals surface area (Å²) in [5.41, 5.74) is 1.32. The van der Waals surface area contributed by atoms with Gasteiger partial charge < -0.3 is 9.47 Å². The number of ether oxygens (including phenoxy) is 2. The van der Waals surface area contributed by atoms with Gasteiger partial charge in [-0.25, -0.2) is 14.8 Å². The minimum absolute atomic E-state index is 0.264. The molecule has 0 spiro atoms. The largest absolute Gasteiger partial charge is 0.480 e. The van der Waals surface area contributed by atoms with Crippen molar-refractivity contribution < 1.29 is 14.3 Å². The Kier molecular flexibility index (Phi) is 2.99. The summed E-state index contributed by atoms with van der Waals surface area (Å²) in [4.78, 5) is 19.3. The molecule has 7 heteroatoms. The monoisotopic (exact) mass is 234 g/mol. The summed E-state index contributed by atoms with van der Waals surface area (Å²) >= 11 is 0. The fraction of sp³-hybridized carbons (Fsp3) is 0.200. The molecule has 0 aliphatic carbocycles. The van der Waals surface area contributed by atoms with Gasteiger partial charge in [0.2, 0.25) is 5.88 Å². The number of nitrogens with zero attached hydrogens (tertiary/aromatic N) is 3. The molecule has 2 aromatic heterocycles. The molecule has 17 heavy (non-hydrogen) atoms. The van der Waals surface area contributed by atoms with E-state index >= 15 is 0 Å². The molecule has 0 saturated carbocycles. The number of aromatic amines is 1. The molecule has 0 saturated heterocycles. The predicted octanol–water partition coefficient (Wildman–Crippen LogP) is 0.662. The summed E-state index contributed by atoms with van der Waals surface area (Å²) in [5.74, 6) is -0.0669. The topological polar surface area (TPSA) is 90.0 Å². The summed E-state index contributed by atoms with van der Waals surface area (Å²) in [6, 6.07) is 1.54. The van der Waals surface area contributed by atoms with E-state index in [2.05, 4.69) is 24.9 Å². The molecule has 0 aliphatic rings. The van der Waals surface area contributed by atoms with E-state index in [4.69, 9.17) is 4.74 Å². The van der Waals surface area contributed by atoms with Crippen LogP contribution in [0.15, 0.2) is 18.5 Å². The summed E-state index contributed by atoms with van der Waals surface area (Å²) in [7, 11) is 2.81. The lowest BCUT2D eigenvalue weighted by Gasteiger charge is -1.97. The molecule has 0 radical (unpaired) electrons. The average Bonchev–Trinajstić information content (AvgIpc) is 2.87. The zero-order valence-corrected chi connectivity index (χ0v) is 9.30. The SMILES string of the molecule is COC(=O)c1cc(-c2cnc(OC)cn2)n[nH]1. The number of nitrogens with one attached hydrogen (secondary N) is 1. The molecule has 0 aromatic carbocycles. The Morgan fingerprint density at radius 3 is 2.65 bits per heavy atom. The molecule has 0 amide bonds. The highest BCUT2D eigenvalue weighted by molar-refractivity contribution is 5.88. The first-order chi connectivity index (χ1) is 8.24. The number of H-pyrrole nitrogens is 1. The van der Waals surface area contributed by atoms with Crippen LogP contribution in [-0.4, -0.2) is 40.4 Å². The molecule has 0 unspecified atom stereocenters. The van der Waals surface area contributed by atoms with Gasteiger partial charge in [0, 0.05) is 6.07 Å². The first-order valence-corrected chi connectivity index (χ1v) is 4.74. The smallest absolute Gasteiger partial charge is 0.356 e. The highest BCUT2D eigenvalue weighted by Crippen LogP contribution is 2.15. The van der Waals surface area contributed by atoms with Crippen LogP contribution in [0.1, 0.15) is 10.5 Å². The van der Waals surface area contributed by atoms with Gasteiger partial charge >= 0.3 is 5.97 Å². The molecule has 0 fully saturated rings. The zero-order chi connectivity index (χ0) is 12.3. The standard InChI is InChI=1S/C10H10N4O3/c1-16-9-5-11-8(4-12-9)6-3-7(14-13-6)10(15)17-2/h3-5H,1-2H3,(H,13,14). The number of carbonyl (C=O) groups excluding carboxylic acids is 1. The third-order valence-electron chi connectivity index (χ3n) is 2.08. The van der Waals surface area contributed by atoms with Gasteiger partial charge in [-0.1, -0.05) is 0 Å². The Balaban J connectivity index is 2.27. The second-order valence-electron chi connectivity index (χ2n) is 3.10. The Morgan fingerprint density at radius 2 is 2.06 bits per heavy atom. The number of aromatic nitrogens is 4. The lowest BCUT2D eigenvalue weighted by molar-refractivity contribution is 0.0594. The van der Waals surface area contributed by atoms with Gasteiger partial charge in [-0.05, 0) is 0 Å². The summed E-state index contributed by atoms with van der Waals surface area (Å²) in [5, 5.41) is 6.50. The van der Waals surface area contributed by atoms with Crippen LogP contribution in [0.2, 0.25) is 0 Å². The van der Waals surface area contributed by atoms with Crippen molar-refractivity contribution in [3.05, 3.63) is 24.2 Å². The highest BCUT2D eigenvalue weighted by atomic mass is 16.5. The van der Waals surface area contributed by atoms with Gasteiger partial charge in [0.1, 0.15) is 17.1 Å². The van der Waals surface area contributed by atoms with Crippen molar-refractivity contribution in [2.75, 3.05) is 14.2 Å². The number of hydrogen-bond acceptors (Lipinski definition) is 6. The third-order valence-corrected chi connectivity index (χ3v) is 2.08. The molecule has 0 atom stereocenters. The molecular formula is C10H10N4O3. The van der Waals surface area contributed by atoms with Crippen LogP contribution in [-0.2, 0) is 4.74 Å². The molecule has 0 aliphatic heterocycles. The van der Waals surface area contributed by atoms with Crippen LogP contribution in [0, 0.1) is 0 Å². The first kappa shape index (κ1) is 11.1. The number of hydrogen-bond donors (Lipinski definition) is 1. The van der Waals surface area contributed by atoms with Crippen molar-refractivity contribution >= 4 is 5.97 Å². The quantitative estimate of drug-likeness (QED) is 0.784. The fourth-order valence-electron chi connectivity index (χ4n) is 1.22. The minimum atomic E-state index is -0.481. The molecule has 2 heterocycles. The van der Waals surface area contributed by atoms with E-state index in [1.54, 1.807) is 6.07 Å². The van der Waals surface area contributed by atoms with Crippen molar-refractivity contribution in [2.24, 2.45) is 0 Å². The molecule has 7 nitrogen and oxygen atoms in total. The maximum Gasteiger partial charge on any atom is 0.356 e. The summed E-state index contributed by atoms with van der Waals surface area (Å²) < 4.78 is 9.45. The van der Waals surface area contributed by atoms with Gasteiger partial charge in [0.05, 0.1) is 26.6 Å². The van der Waals surface area contributed by atoms with Crippen molar-refractivity contribution in [1.82, 2.24) is 20.2 Å². The lowest BCUT2D eigenvalue weighted by Crippen LogP contribution is -2.00. The average molecular weight is 234 g/mol. The molecule has 88 valence electrons. The molecule has 2 aromatic rings. The number of carbonyl (C=O) groups is 1. The van der Waals surface area contributed by atoms with Crippen LogP contribution in [0.5, 0.6) is 5.88 Å². The van der Waals surface area contributed by atoms with Crippen molar-refractivity contribution in [1.29, 1.82) is 0 Å². The van der Waals surface area contributed by atoms with Crippen LogP contribution < -0.4 is 4.74 Å². The van der Waals surface area contributed by atoms with Gasteiger partial charge in [0.15, 0.2) is 0 Å². The maximum absolute atomic E-state index is 11.2. The fourth-order valence-corrected chi connectivity index (χ4v) is 1.22. The Bertz CT molecular complexity index is 521. The van der Waals surface area contributed by atoms with Gasteiger partial charge in [-0.15, -0.1) is 0 Å². The Morgan fingerprint density at radius 1 is 1.24 bits per heavy atom. The van der Waals surface area contributed by atoms with Crippen molar-refractivity contribution in [3.63, 3.8) is 0 Å². The van der Waals surface area contributed by atoms with E-state index in [9.17, 15) is 4.79 Å². The Hall–Kier alpha value is -2.44. The van der Waals surface area contributed by atoms with Gasteiger partial charge in [-0.2, -0.15) is 5.10 Å². The third kappa shape index (κ3) is 2.22. The van der Waals surface area contributed by atoms with Crippen LogP contribution in [0.25, 0.3) is 11.4 Å². The van der Waals surface area contributed by atoms with E-state index in [0.717, 1.165) is 0 Å². The molecule has 1 N–H and O–H groups in total. The Labute approximate surface area is 96.8 Å². The lowest BCUT2D eigenvalue weighted by atomic mass is 10.3. The number of esters is 1. The normalized spacial score (nSPS) is 10.0. The predicted molar refractivity (Wildman–Crippen MR) is 57.5 cm³/mol. The van der Waals surface area contributed by atoms with Crippen molar-refractivity contribution in [2.45, 2.75) is 0 Å². The van der Waals surface area contributed by atoms with E-state index < -0.39 is 5.97 Å². The van der Waals surface area contributed by atoms with E-state index in [1.165, 1.54) is 26.6 Å². The second kappa shape index (κ2) is 4.60. The van der Waals surface area contributed by atoms with E-state index in [1.807, 2.05) is 0 Å². The van der Waals surface area contributed by atoms with Gasteiger partial charge in [-0.3, -0.25) is 5.10 Å². The highest BCUT2D eigenvalue weighted by Gasteiger charge is 2.11. The van der Waals surface area contributed by atoms with Crippen LogP contribution in [0.3, 0.4) is 0 Å². The summed E-state index contributed by atoms with van der Waals surface area (Å²) in [6.45, 7) is 0. The molecule has 0 bridgehead atoms. The number of rotatable bonds is 3. The minimum Gasteiger partial charge on any atom is -0.480 e. The van der Waals surface area contributed by atoms with Gasteiger partial charge in [0.25, 0.3) is 0 Å². The second-order valence-corrected chi connectivity index (χ2v) is 3.10. The molecule has 2 rings (SSSR count).